The molecule has 2 aromatic heterocycles. The van der Waals surface area contributed by atoms with E-state index >= 15 is 0 Å². The number of aromatic nitrogens is 4. The summed E-state index contributed by atoms with van der Waals surface area (Å²) < 4.78 is 0. The van der Waals surface area contributed by atoms with Crippen molar-refractivity contribution in [1.82, 2.24) is 19.9 Å². The van der Waals surface area contributed by atoms with E-state index in [1.54, 1.807) is 12.4 Å². The fourth-order valence-corrected chi connectivity index (χ4v) is 1.71. The number of nitrogens with one attached hydrogen (secondary N) is 1. The molecule has 3 aromatic rings. The average molecular weight is 237 g/mol. The van der Waals surface area contributed by atoms with Crippen LogP contribution in [0.4, 0.5) is 5.82 Å². The lowest BCUT2D eigenvalue weighted by molar-refractivity contribution is 1.08. The van der Waals surface area contributed by atoms with Gasteiger partial charge in [0.2, 0.25) is 0 Å². The van der Waals surface area contributed by atoms with E-state index in [0.717, 1.165) is 0 Å². The summed E-state index contributed by atoms with van der Waals surface area (Å²) in [6, 6.07) is 10.1. The minimum Gasteiger partial charge on any atom is -0.364 e. The molecule has 5 heteroatoms. The lowest BCUT2D eigenvalue weighted by Crippen LogP contribution is -2.03. The Balaban J connectivity index is 1.87. The summed E-state index contributed by atoms with van der Waals surface area (Å²) in [7, 11) is 0. The molecular formula is C13H11N5. The van der Waals surface area contributed by atoms with Crippen LogP contribution < -0.4 is 5.32 Å². The lowest BCUT2D eigenvalue weighted by atomic mass is 10.2. The smallest absolute Gasteiger partial charge is 0.183 e. The summed E-state index contributed by atoms with van der Waals surface area (Å²) in [6.07, 6.45) is 4.75. The van der Waals surface area contributed by atoms with E-state index in [0.29, 0.717) is 23.5 Å². The second kappa shape index (κ2) is 4.75. The quantitative estimate of drug-likeness (QED) is 0.755. The van der Waals surface area contributed by atoms with Crippen molar-refractivity contribution >= 4 is 17.0 Å². The number of rotatable bonds is 3. The number of anilines is 1. The molecule has 0 radical (unpaired) electrons. The Morgan fingerprint density at radius 1 is 0.889 bits per heavy atom. The highest BCUT2D eigenvalue weighted by molar-refractivity contribution is 5.81. The highest BCUT2D eigenvalue weighted by Crippen LogP contribution is 2.14. The van der Waals surface area contributed by atoms with Crippen molar-refractivity contribution in [2.75, 3.05) is 5.32 Å². The largest absolute Gasteiger partial charge is 0.364 e. The zero-order valence-corrected chi connectivity index (χ0v) is 9.61. The summed E-state index contributed by atoms with van der Waals surface area (Å²) in [6.45, 7) is 0.698. The Morgan fingerprint density at radius 3 is 2.61 bits per heavy atom. The molecule has 0 atom stereocenters. The van der Waals surface area contributed by atoms with Crippen molar-refractivity contribution in [3.8, 4) is 0 Å². The van der Waals surface area contributed by atoms with Gasteiger partial charge in [-0.1, -0.05) is 30.3 Å². The minimum absolute atomic E-state index is 0.600. The summed E-state index contributed by atoms with van der Waals surface area (Å²) >= 11 is 0. The maximum Gasteiger partial charge on any atom is 0.183 e. The van der Waals surface area contributed by atoms with E-state index < -0.39 is 0 Å². The standard InChI is InChI=1S/C13H11N5/c1-2-4-10(5-3-1)8-16-13-11-12(17-9-18-13)15-7-6-14-11/h1-7,9H,8H2,(H,15,16,17,18). The number of benzene rings is 1. The van der Waals surface area contributed by atoms with Crippen molar-refractivity contribution in [3.05, 3.63) is 54.6 Å². The van der Waals surface area contributed by atoms with Crippen LogP contribution in [0, 0.1) is 0 Å². The van der Waals surface area contributed by atoms with Gasteiger partial charge in [0.05, 0.1) is 0 Å². The van der Waals surface area contributed by atoms with E-state index in [1.807, 2.05) is 18.2 Å². The van der Waals surface area contributed by atoms with Gasteiger partial charge in [-0.2, -0.15) is 0 Å². The fraction of sp³-hybridized carbons (Fsp3) is 0.0769. The summed E-state index contributed by atoms with van der Waals surface area (Å²) in [5.74, 6) is 0.706. The van der Waals surface area contributed by atoms with Crippen LogP contribution in [0.15, 0.2) is 49.1 Å². The van der Waals surface area contributed by atoms with Crippen molar-refractivity contribution in [2.45, 2.75) is 6.54 Å². The zero-order chi connectivity index (χ0) is 12.2. The van der Waals surface area contributed by atoms with Crippen LogP contribution >= 0.6 is 0 Å². The van der Waals surface area contributed by atoms with Crippen molar-refractivity contribution in [1.29, 1.82) is 0 Å². The van der Waals surface area contributed by atoms with Crippen molar-refractivity contribution in [3.63, 3.8) is 0 Å². The van der Waals surface area contributed by atoms with Gasteiger partial charge in [0.15, 0.2) is 11.5 Å². The van der Waals surface area contributed by atoms with E-state index in [-0.39, 0.29) is 0 Å². The normalized spacial score (nSPS) is 10.4. The Bertz CT molecular complexity index is 648. The van der Waals surface area contributed by atoms with Crippen molar-refractivity contribution < 1.29 is 0 Å². The van der Waals surface area contributed by atoms with Gasteiger partial charge in [-0.15, -0.1) is 0 Å². The van der Waals surface area contributed by atoms with Gasteiger partial charge >= 0.3 is 0 Å². The van der Waals surface area contributed by atoms with E-state index in [9.17, 15) is 0 Å². The predicted molar refractivity (Wildman–Crippen MR) is 68.9 cm³/mol. The lowest BCUT2D eigenvalue weighted by Gasteiger charge is -2.06. The molecular weight excluding hydrogens is 226 g/mol. The molecule has 1 N–H and O–H groups in total. The molecule has 2 heterocycles. The Labute approximate surface area is 104 Å². The highest BCUT2D eigenvalue weighted by atomic mass is 15.1. The third kappa shape index (κ3) is 2.10. The van der Waals surface area contributed by atoms with E-state index in [2.05, 4.69) is 37.4 Å². The van der Waals surface area contributed by atoms with Gasteiger partial charge in [0.25, 0.3) is 0 Å². The van der Waals surface area contributed by atoms with Crippen LogP contribution in [-0.4, -0.2) is 19.9 Å². The summed E-state index contributed by atoms with van der Waals surface area (Å²) in [4.78, 5) is 16.7. The average Bonchev–Trinajstić information content (AvgIpc) is 2.46. The Morgan fingerprint density at radius 2 is 1.72 bits per heavy atom. The summed E-state index contributed by atoms with van der Waals surface area (Å²) in [5, 5.41) is 3.25. The highest BCUT2D eigenvalue weighted by Gasteiger charge is 2.04. The number of fused-ring (bicyclic) bond motifs is 1. The van der Waals surface area contributed by atoms with E-state index in [1.165, 1.54) is 11.9 Å². The number of hydrogen-bond donors (Lipinski definition) is 1. The third-order valence-electron chi connectivity index (χ3n) is 2.57. The molecule has 0 aliphatic heterocycles. The first-order valence-corrected chi connectivity index (χ1v) is 5.63. The van der Waals surface area contributed by atoms with Gasteiger partial charge in [0, 0.05) is 18.9 Å². The van der Waals surface area contributed by atoms with Gasteiger partial charge in [-0.05, 0) is 5.56 Å². The molecule has 0 saturated carbocycles. The second-order valence-electron chi connectivity index (χ2n) is 3.79. The first kappa shape index (κ1) is 10.6. The molecule has 5 nitrogen and oxygen atoms in total. The molecule has 88 valence electrons. The van der Waals surface area contributed by atoms with Gasteiger partial charge in [-0.3, -0.25) is 0 Å². The molecule has 1 aromatic carbocycles. The van der Waals surface area contributed by atoms with Crippen LogP contribution in [0.5, 0.6) is 0 Å². The molecule has 0 aliphatic rings. The SMILES string of the molecule is c1ccc(CNc2ncnc3nccnc23)cc1. The molecule has 0 fully saturated rings. The molecule has 0 amide bonds. The molecule has 0 unspecified atom stereocenters. The molecule has 0 aliphatic carbocycles. The monoisotopic (exact) mass is 237 g/mol. The number of nitrogens with zero attached hydrogens (tertiary/aromatic N) is 4. The van der Waals surface area contributed by atoms with Crippen molar-refractivity contribution in [2.24, 2.45) is 0 Å². The molecule has 0 saturated heterocycles. The van der Waals surface area contributed by atoms with Crippen LogP contribution in [0.3, 0.4) is 0 Å². The first-order chi connectivity index (χ1) is 8.93. The van der Waals surface area contributed by atoms with Crippen LogP contribution in [0.25, 0.3) is 11.2 Å². The predicted octanol–water partition coefficient (Wildman–Crippen LogP) is 2.03. The van der Waals surface area contributed by atoms with E-state index in [4.69, 9.17) is 0 Å². The molecule has 0 bridgehead atoms. The van der Waals surface area contributed by atoms with Gasteiger partial charge in [0.1, 0.15) is 11.8 Å². The Hall–Kier alpha value is -2.56. The van der Waals surface area contributed by atoms with Crippen LogP contribution in [0.1, 0.15) is 5.56 Å². The minimum atomic E-state index is 0.600. The summed E-state index contributed by atoms with van der Waals surface area (Å²) in [5.41, 5.74) is 2.48. The van der Waals surface area contributed by atoms with Crippen LogP contribution in [-0.2, 0) is 6.54 Å². The molecule has 3 rings (SSSR count). The second-order valence-corrected chi connectivity index (χ2v) is 3.79. The topological polar surface area (TPSA) is 63.6 Å². The first-order valence-electron chi connectivity index (χ1n) is 5.63. The third-order valence-corrected chi connectivity index (χ3v) is 2.57. The maximum absolute atomic E-state index is 4.24. The van der Waals surface area contributed by atoms with Crippen LogP contribution in [0.2, 0.25) is 0 Å². The Kier molecular flexibility index (Phi) is 2.79. The van der Waals surface area contributed by atoms with Gasteiger partial charge in [-0.25, -0.2) is 19.9 Å². The maximum atomic E-state index is 4.24. The van der Waals surface area contributed by atoms with Gasteiger partial charge < -0.3 is 5.32 Å². The molecule has 18 heavy (non-hydrogen) atoms. The fourth-order valence-electron chi connectivity index (χ4n) is 1.71. The zero-order valence-electron chi connectivity index (χ0n) is 9.61. The molecule has 0 spiro atoms. The number of hydrogen-bond acceptors (Lipinski definition) is 5.